The predicted octanol–water partition coefficient (Wildman–Crippen LogP) is 3.47. The average molecular weight is 589 g/mol. The maximum Gasteiger partial charge on any atom is 0.293 e. The molecule has 12 heteroatoms. The molecule has 6 rings (SSSR count). The Morgan fingerprint density at radius 2 is 1.74 bits per heavy atom. The molecule has 2 atom stereocenters. The van der Waals surface area contributed by atoms with Crippen molar-refractivity contribution in [1.82, 2.24) is 20.1 Å². The first kappa shape index (κ1) is 28.7. The van der Waals surface area contributed by atoms with Crippen LogP contribution in [0.5, 0.6) is 5.75 Å². The standard InChI is InChI=1S/C31H36N6O6/c1-35-10-12-36(13-11-35)31(40)23-14-19(18-6-7-18)15-27(37(41)42)29(23)33-25-4-3-5-26(25)34-30(39)22-17-28(38)32-24-9-8-20(43-2)16-21(22)24/h8-9,14-18,25-26,33H,3-7,10-13H2,1-2H3,(H,32,38)(H,34,39)/t25-,26+/m1/s1. The van der Waals surface area contributed by atoms with E-state index >= 15 is 0 Å². The number of likely N-dealkylation sites (N-methyl/N-ethyl adjacent to an activating group) is 1. The summed E-state index contributed by atoms with van der Waals surface area (Å²) in [5.41, 5.74) is 1.55. The van der Waals surface area contributed by atoms with E-state index < -0.39 is 16.4 Å². The van der Waals surface area contributed by atoms with Gasteiger partial charge in [-0.2, -0.15) is 0 Å². The molecule has 0 radical (unpaired) electrons. The highest BCUT2D eigenvalue weighted by Gasteiger charge is 2.36. The first-order valence-electron chi connectivity index (χ1n) is 14.8. The second-order valence-corrected chi connectivity index (χ2v) is 11.8. The summed E-state index contributed by atoms with van der Waals surface area (Å²) in [6.45, 7) is 2.57. The van der Waals surface area contributed by atoms with Gasteiger partial charge in [0.2, 0.25) is 5.56 Å². The number of amides is 2. The van der Waals surface area contributed by atoms with E-state index in [9.17, 15) is 24.5 Å². The van der Waals surface area contributed by atoms with Crippen LogP contribution in [-0.2, 0) is 0 Å². The molecule has 3 N–H and O–H groups in total. The number of nitro benzene ring substituents is 1. The highest BCUT2D eigenvalue weighted by atomic mass is 16.6. The van der Waals surface area contributed by atoms with Crippen molar-refractivity contribution in [1.29, 1.82) is 0 Å². The minimum atomic E-state index is -0.423. The second-order valence-electron chi connectivity index (χ2n) is 11.8. The summed E-state index contributed by atoms with van der Waals surface area (Å²) in [6.07, 6.45) is 3.97. The molecule has 2 aromatic carbocycles. The topological polar surface area (TPSA) is 150 Å². The summed E-state index contributed by atoms with van der Waals surface area (Å²) in [5, 5.41) is 19.3. The van der Waals surface area contributed by atoms with Gasteiger partial charge in [-0.1, -0.05) is 0 Å². The molecule has 226 valence electrons. The molecule has 0 bridgehead atoms. The lowest BCUT2D eigenvalue weighted by Crippen LogP contribution is -2.47. The predicted molar refractivity (Wildman–Crippen MR) is 162 cm³/mol. The summed E-state index contributed by atoms with van der Waals surface area (Å²) in [7, 11) is 3.53. The van der Waals surface area contributed by atoms with E-state index in [-0.39, 0.29) is 40.8 Å². The van der Waals surface area contributed by atoms with E-state index in [0.29, 0.717) is 48.1 Å². The fourth-order valence-corrected chi connectivity index (χ4v) is 6.23. The number of ether oxygens (including phenoxy) is 1. The lowest BCUT2D eigenvalue weighted by molar-refractivity contribution is -0.384. The van der Waals surface area contributed by atoms with Crippen LogP contribution in [0.1, 0.15) is 64.3 Å². The Labute approximate surface area is 248 Å². The van der Waals surface area contributed by atoms with Gasteiger partial charge in [0.1, 0.15) is 11.4 Å². The fraction of sp³-hybridized carbons (Fsp3) is 0.452. The number of H-pyrrole nitrogens is 1. The molecule has 43 heavy (non-hydrogen) atoms. The van der Waals surface area contributed by atoms with Crippen LogP contribution in [0, 0.1) is 10.1 Å². The number of aromatic nitrogens is 1. The number of rotatable bonds is 8. The Balaban J connectivity index is 1.31. The number of nitro groups is 1. The molecule has 3 aromatic rings. The van der Waals surface area contributed by atoms with Gasteiger partial charge < -0.3 is 30.2 Å². The Hall–Kier alpha value is -4.45. The van der Waals surface area contributed by atoms with E-state index in [1.54, 1.807) is 29.2 Å². The third kappa shape index (κ3) is 5.92. The molecule has 0 spiro atoms. The number of anilines is 1. The van der Waals surface area contributed by atoms with Gasteiger partial charge >= 0.3 is 0 Å². The Bertz CT molecular complexity index is 1640. The number of hydrogen-bond acceptors (Lipinski definition) is 8. The van der Waals surface area contributed by atoms with Gasteiger partial charge in [0.25, 0.3) is 17.5 Å². The lowest BCUT2D eigenvalue weighted by Gasteiger charge is -2.33. The molecule has 2 saturated carbocycles. The van der Waals surface area contributed by atoms with Crippen LogP contribution in [0.3, 0.4) is 0 Å². The zero-order chi connectivity index (χ0) is 30.2. The van der Waals surface area contributed by atoms with Crippen LogP contribution < -0.4 is 20.9 Å². The molecular weight excluding hydrogens is 552 g/mol. The highest BCUT2D eigenvalue weighted by molar-refractivity contribution is 6.06. The number of fused-ring (bicyclic) bond motifs is 1. The Kier molecular flexibility index (Phi) is 7.78. The number of aromatic amines is 1. The average Bonchev–Trinajstić information content (AvgIpc) is 3.76. The third-order valence-corrected chi connectivity index (χ3v) is 8.86. The number of nitrogens with zero attached hydrogens (tertiary/aromatic N) is 3. The number of pyridine rings is 1. The zero-order valence-electron chi connectivity index (χ0n) is 24.4. The van der Waals surface area contributed by atoms with Crippen molar-refractivity contribution >= 4 is 34.1 Å². The normalized spacial score (nSPS) is 20.7. The van der Waals surface area contributed by atoms with Crippen LogP contribution in [0.25, 0.3) is 10.9 Å². The summed E-state index contributed by atoms with van der Waals surface area (Å²) in [5.74, 6) is 0.139. The summed E-state index contributed by atoms with van der Waals surface area (Å²) < 4.78 is 5.32. The maximum absolute atomic E-state index is 13.9. The van der Waals surface area contributed by atoms with E-state index in [2.05, 4.69) is 20.5 Å². The smallest absolute Gasteiger partial charge is 0.293 e. The second kappa shape index (κ2) is 11.7. The SMILES string of the molecule is COc1ccc2[nH]c(=O)cc(C(=O)N[C@H]3CCC[C@H]3Nc3c(C(=O)N4CCN(C)CC4)cc(C4CC4)cc3[N+](=O)[O-])c2c1. The van der Waals surface area contributed by atoms with Crippen LogP contribution in [0.15, 0.2) is 41.2 Å². The minimum Gasteiger partial charge on any atom is -0.497 e. The summed E-state index contributed by atoms with van der Waals surface area (Å²) in [4.78, 5) is 58.4. The minimum absolute atomic E-state index is 0.119. The Morgan fingerprint density at radius 3 is 2.44 bits per heavy atom. The molecule has 2 aliphatic carbocycles. The lowest BCUT2D eigenvalue weighted by atomic mass is 10.00. The largest absolute Gasteiger partial charge is 0.497 e. The molecule has 2 amide bonds. The van der Waals surface area contributed by atoms with Crippen molar-refractivity contribution in [3.8, 4) is 5.75 Å². The summed E-state index contributed by atoms with van der Waals surface area (Å²) >= 11 is 0. The van der Waals surface area contributed by atoms with Crippen LogP contribution >= 0.6 is 0 Å². The number of methoxy groups -OCH3 is 1. The highest BCUT2D eigenvalue weighted by Crippen LogP contribution is 2.44. The molecule has 1 aromatic heterocycles. The fourth-order valence-electron chi connectivity index (χ4n) is 6.23. The number of carbonyl (C=O) groups excluding carboxylic acids is 2. The van der Waals surface area contributed by atoms with Gasteiger partial charge in [-0.3, -0.25) is 24.5 Å². The van der Waals surface area contributed by atoms with Crippen molar-refractivity contribution in [2.45, 2.75) is 50.1 Å². The van der Waals surface area contributed by atoms with Crippen molar-refractivity contribution in [3.63, 3.8) is 0 Å². The van der Waals surface area contributed by atoms with E-state index in [1.165, 1.54) is 13.2 Å². The summed E-state index contributed by atoms with van der Waals surface area (Å²) in [6, 6.07) is 9.06. The number of carbonyl (C=O) groups is 2. The van der Waals surface area contributed by atoms with Gasteiger partial charge in [0.05, 0.1) is 23.2 Å². The number of piperazine rings is 1. The molecule has 3 aliphatic rings. The quantitative estimate of drug-likeness (QED) is 0.268. The monoisotopic (exact) mass is 588 g/mol. The molecule has 0 unspecified atom stereocenters. The molecule has 1 saturated heterocycles. The van der Waals surface area contributed by atoms with Crippen molar-refractivity contribution in [2.24, 2.45) is 0 Å². The van der Waals surface area contributed by atoms with E-state index in [4.69, 9.17) is 4.74 Å². The number of hydrogen-bond donors (Lipinski definition) is 3. The zero-order valence-corrected chi connectivity index (χ0v) is 24.4. The van der Waals surface area contributed by atoms with Gasteiger partial charge in [-0.25, -0.2) is 0 Å². The van der Waals surface area contributed by atoms with Crippen molar-refractivity contribution < 1.29 is 19.2 Å². The van der Waals surface area contributed by atoms with Crippen LogP contribution in [0.2, 0.25) is 0 Å². The van der Waals surface area contributed by atoms with E-state index in [0.717, 1.165) is 37.9 Å². The van der Waals surface area contributed by atoms with Gasteiger partial charge in [-0.05, 0) is 74.9 Å². The first-order valence-corrected chi connectivity index (χ1v) is 14.8. The van der Waals surface area contributed by atoms with Gasteiger partial charge in [-0.15, -0.1) is 0 Å². The van der Waals surface area contributed by atoms with Gasteiger partial charge in [0, 0.05) is 61.3 Å². The van der Waals surface area contributed by atoms with Crippen LogP contribution in [0.4, 0.5) is 11.4 Å². The first-order chi connectivity index (χ1) is 20.7. The maximum atomic E-state index is 13.9. The van der Waals surface area contributed by atoms with Gasteiger partial charge in [0.15, 0.2) is 0 Å². The van der Waals surface area contributed by atoms with E-state index in [1.807, 2.05) is 13.1 Å². The van der Waals surface area contributed by atoms with Crippen LogP contribution in [-0.4, -0.2) is 83.9 Å². The van der Waals surface area contributed by atoms with Crippen molar-refractivity contribution in [2.75, 3.05) is 45.7 Å². The molecular formula is C31H36N6O6. The number of nitrogens with one attached hydrogen (secondary N) is 3. The molecule has 1 aliphatic heterocycles. The molecule has 3 fully saturated rings. The third-order valence-electron chi connectivity index (χ3n) is 8.86. The van der Waals surface area contributed by atoms with Crippen molar-refractivity contribution in [3.05, 3.63) is 73.6 Å². The Morgan fingerprint density at radius 1 is 1.00 bits per heavy atom. The number of benzene rings is 2. The molecule has 2 heterocycles. The molecule has 12 nitrogen and oxygen atoms in total.